The lowest BCUT2D eigenvalue weighted by atomic mass is 9.97. The quantitative estimate of drug-likeness (QED) is 0.444. The molecule has 0 bridgehead atoms. The second-order valence-electron chi connectivity index (χ2n) is 11.7. The number of nitrogens with one attached hydrogen (secondary N) is 1. The second-order valence-corrected chi connectivity index (χ2v) is 11.7. The number of ether oxygens (including phenoxy) is 1. The maximum Gasteiger partial charge on any atom is 0.418 e. The number of carbonyl (C=O) groups is 3. The van der Waals surface area contributed by atoms with E-state index in [0.29, 0.717) is 19.5 Å². The molecule has 1 aromatic carbocycles. The summed E-state index contributed by atoms with van der Waals surface area (Å²) in [6, 6.07) is 7.75. The van der Waals surface area contributed by atoms with Crippen LogP contribution < -0.4 is 5.32 Å². The minimum absolute atomic E-state index is 0.0370. The summed E-state index contributed by atoms with van der Waals surface area (Å²) in [5, 5.41) is 3.15. The minimum Gasteiger partial charge on any atom is -0.444 e. The van der Waals surface area contributed by atoms with E-state index in [9.17, 15) is 27.6 Å². The molecule has 42 heavy (non-hydrogen) atoms. The van der Waals surface area contributed by atoms with Gasteiger partial charge < -0.3 is 24.8 Å². The van der Waals surface area contributed by atoms with Crippen molar-refractivity contribution >= 4 is 23.6 Å². The topological polar surface area (TPSA) is 95.1 Å². The number of likely N-dealkylation sites (N-methyl/N-ethyl adjacent to an activating group) is 1. The van der Waals surface area contributed by atoms with Gasteiger partial charge in [-0.3, -0.25) is 14.6 Å². The number of carbonyl (C=O) groups excluding carboxylic acids is 3. The van der Waals surface area contributed by atoms with Crippen molar-refractivity contribution in [2.75, 3.05) is 38.5 Å². The molecule has 0 radical (unpaired) electrons. The van der Waals surface area contributed by atoms with E-state index in [4.69, 9.17) is 4.74 Å². The Hall–Kier alpha value is -3.83. The number of pyridine rings is 1. The van der Waals surface area contributed by atoms with Crippen molar-refractivity contribution in [1.82, 2.24) is 19.7 Å². The number of amides is 3. The molecular formula is C30H40F3N5O4. The molecule has 1 aliphatic rings. The van der Waals surface area contributed by atoms with Crippen LogP contribution in [0.2, 0.25) is 0 Å². The van der Waals surface area contributed by atoms with Gasteiger partial charge in [-0.25, -0.2) is 4.79 Å². The Morgan fingerprint density at radius 1 is 1.10 bits per heavy atom. The molecule has 0 fully saturated rings. The molecular weight excluding hydrogens is 551 g/mol. The standard InChI is InChI=1S/C30H40F3N5O4/c1-20(2)27(40)38-14-12-22-21(18-38)9-7-11-24(22)35-17-26(39)37(16-15-36(6)28(41)42-29(3,4)5)19-25-23(30(31,32)33)10-8-13-34-25/h7-11,13,20,35H,12,14-19H2,1-6H3. The molecule has 1 aliphatic heterocycles. The zero-order chi connectivity index (χ0) is 31.2. The highest BCUT2D eigenvalue weighted by Gasteiger charge is 2.35. The van der Waals surface area contributed by atoms with E-state index in [1.54, 1.807) is 20.8 Å². The monoisotopic (exact) mass is 591 g/mol. The van der Waals surface area contributed by atoms with Gasteiger partial charge in [-0.2, -0.15) is 13.2 Å². The van der Waals surface area contributed by atoms with E-state index in [0.717, 1.165) is 22.9 Å². The number of fused-ring (bicyclic) bond motifs is 1. The predicted molar refractivity (Wildman–Crippen MR) is 152 cm³/mol. The van der Waals surface area contributed by atoms with Gasteiger partial charge in [0.2, 0.25) is 11.8 Å². The third kappa shape index (κ3) is 8.83. The van der Waals surface area contributed by atoms with E-state index in [1.807, 2.05) is 36.9 Å². The van der Waals surface area contributed by atoms with Crippen molar-refractivity contribution in [3.8, 4) is 0 Å². The summed E-state index contributed by atoms with van der Waals surface area (Å²) in [6.45, 7) is 9.35. The van der Waals surface area contributed by atoms with Crippen molar-refractivity contribution in [2.45, 2.75) is 65.9 Å². The highest BCUT2D eigenvalue weighted by Crippen LogP contribution is 2.32. The lowest BCUT2D eigenvalue weighted by Gasteiger charge is -2.32. The van der Waals surface area contributed by atoms with Crippen molar-refractivity contribution in [2.24, 2.45) is 5.92 Å². The number of hydrogen-bond donors (Lipinski definition) is 1. The fraction of sp³-hybridized carbons (Fsp3) is 0.533. The van der Waals surface area contributed by atoms with Crippen LogP contribution in [0.4, 0.5) is 23.7 Å². The van der Waals surface area contributed by atoms with E-state index in [2.05, 4.69) is 10.3 Å². The van der Waals surface area contributed by atoms with E-state index in [-0.39, 0.29) is 37.2 Å². The number of hydrogen-bond acceptors (Lipinski definition) is 6. The lowest BCUT2D eigenvalue weighted by Crippen LogP contribution is -2.43. The van der Waals surface area contributed by atoms with Crippen LogP contribution in [-0.4, -0.2) is 76.4 Å². The first kappa shape index (κ1) is 32.7. The van der Waals surface area contributed by atoms with Gasteiger partial charge in [0.05, 0.1) is 24.3 Å². The van der Waals surface area contributed by atoms with Crippen LogP contribution in [0.3, 0.4) is 0 Å². The first-order valence-corrected chi connectivity index (χ1v) is 13.9. The van der Waals surface area contributed by atoms with Crippen LogP contribution in [0.1, 0.15) is 57.0 Å². The summed E-state index contributed by atoms with van der Waals surface area (Å²) in [5.41, 5.74) is 0.774. The smallest absolute Gasteiger partial charge is 0.418 e. The van der Waals surface area contributed by atoms with Crippen LogP contribution in [0, 0.1) is 5.92 Å². The number of nitrogens with zero attached hydrogens (tertiary/aromatic N) is 4. The van der Waals surface area contributed by atoms with E-state index in [1.165, 1.54) is 29.1 Å². The summed E-state index contributed by atoms with van der Waals surface area (Å²) >= 11 is 0. The summed E-state index contributed by atoms with van der Waals surface area (Å²) in [4.78, 5) is 46.6. The highest BCUT2D eigenvalue weighted by molar-refractivity contribution is 5.82. The molecule has 0 aliphatic carbocycles. The van der Waals surface area contributed by atoms with Crippen LogP contribution in [0.5, 0.6) is 0 Å². The Balaban J connectivity index is 1.77. The van der Waals surface area contributed by atoms with Crippen molar-refractivity contribution in [3.63, 3.8) is 0 Å². The summed E-state index contributed by atoms with van der Waals surface area (Å²) in [6.07, 6.45) is -3.39. The van der Waals surface area contributed by atoms with Gasteiger partial charge in [0.25, 0.3) is 0 Å². The Morgan fingerprint density at radius 2 is 1.81 bits per heavy atom. The number of halogens is 3. The fourth-order valence-electron chi connectivity index (χ4n) is 4.61. The molecule has 2 heterocycles. The summed E-state index contributed by atoms with van der Waals surface area (Å²) in [5.74, 6) is -0.492. The molecule has 9 nitrogen and oxygen atoms in total. The third-order valence-electron chi connectivity index (χ3n) is 6.80. The molecule has 0 atom stereocenters. The zero-order valence-corrected chi connectivity index (χ0v) is 25.0. The number of rotatable bonds is 9. The molecule has 2 aromatic rings. The van der Waals surface area contributed by atoms with E-state index >= 15 is 0 Å². The van der Waals surface area contributed by atoms with Crippen LogP contribution >= 0.6 is 0 Å². The van der Waals surface area contributed by atoms with Gasteiger partial charge in [-0.1, -0.05) is 26.0 Å². The first-order valence-electron chi connectivity index (χ1n) is 13.9. The molecule has 3 rings (SSSR count). The molecule has 12 heteroatoms. The van der Waals surface area contributed by atoms with Gasteiger partial charge in [0, 0.05) is 51.0 Å². The number of aromatic nitrogens is 1. The number of alkyl halides is 3. The first-order chi connectivity index (χ1) is 19.6. The maximum atomic E-state index is 13.7. The molecule has 1 N–H and O–H groups in total. The van der Waals surface area contributed by atoms with Crippen molar-refractivity contribution in [1.29, 1.82) is 0 Å². The molecule has 230 valence electrons. The summed E-state index contributed by atoms with van der Waals surface area (Å²) < 4.78 is 46.4. The lowest BCUT2D eigenvalue weighted by molar-refractivity contribution is -0.140. The van der Waals surface area contributed by atoms with Crippen LogP contribution in [0.25, 0.3) is 0 Å². The van der Waals surface area contributed by atoms with Gasteiger partial charge in [0.1, 0.15) is 5.60 Å². The number of benzene rings is 1. The average molecular weight is 592 g/mol. The van der Waals surface area contributed by atoms with Gasteiger partial charge in [0.15, 0.2) is 0 Å². The molecule has 0 spiro atoms. The Kier molecular flexibility index (Phi) is 10.5. The predicted octanol–water partition coefficient (Wildman–Crippen LogP) is 4.95. The van der Waals surface area contributed by atoms with Crippen molar-refractivity contribution < 1.29 is 32.3 Å². The normalized spacial score (nSPS) is 13.4. The Morgan fingerprint density at radius 3 is 2.45 bits per heavy atom. The van der Waals surface area contributed by atoms with Crippen LogP contribution in [-0.2, 0) is 40.0 Å². The molecule has 1 aromatic heterocycles. The fourth-order valence-corrected chi connectivity index (χ4v) is 4.61. The van der Waals surface area contributed by atoms with Gasteiger partial charge >= 0.3 is 12.3 Å². The zero-order valence-electron chi connectivity index (χ0n) is 25.0. The van der Waals surface area contributed by atoms with Crippen LogP contribution in [0.15, 0.2) is 36.5 Å². The molecule has 0 saturated carbocycles. The minimum atomic E-state index is -4.64. The summed E-state index contributed by atoms with van der Waals surface area (Å²) in [7, 11) is 1.50. The maximum absolute atomic E-state index is 13.7. The average Bonchev–Trinajstić information content (AvgIpc) is 2.91. The Bertz CT molecular complexity index is 1280. The van der Waals surface area contributed by atoms with Gasteiger partial charge in [-0.15, -0.1) is 0 Å². The largest absolute Gasteiger partial charge is 0.444 e. The van der Waals surface area contributed by atoms with Crippen molar-refractivity contribution in [3.05, 3.63) is 58.9 Å². The SMILES string of the molecule is CC(C)C(=O)N1CCc2c(cccc2NCC(=O)N(CCN(C)C(=O)OC(C)(C)C)Cc2ncccc2C(F)(F)F)C1. The van der Waals surface area contributed by atoms with E-state index < -0.39 is 35.9 Å². The highest BCUT2D eigenvalue weighted by atomic mass is 19.4. The second kappa shape index (κ2) is 13.4. The molecule has 0 unspecified atom stereocenters. The third-order valence-corrected chi connectivity index (χ3v) is 6.80. The van der Waals surface area contributed by atoms with Gasteiger partial charge in [-0.05, 0) is 56.5 Å². The molecule has 3 amide bonds. The number of anilines is 1. The molecule has 0 saturated heterocycles. The Labute approximate surface area is 245 Å².